The van der Waals surface area contributed by atoms with Crippen LogP contribution in [-0.4, -0.2) is 29.2 Å². The van der Waals surface area contributed by atoms with Crippen LogP contribution in [0.3, 0.4) is 0 Å². The molecule has 0 spiro atoms. The second-order valence-corrected chi connectivity index (χ2v) is 5.81. The Labute approximate surface area is 122 Å². The zero-order valence-electron chi connectivity index (χ0n) is 11.6. The maximum atomic E-state index is 12.3. The molecule has 2 aromatic rings. The standard InChI is InChI=1S/C16H17N3O2/c20-16(18-13-8-11-6-7-12(13)17-11)14-9-15(21-19-14)10-4-2-1-3-5-10/h1-5,9,11-13,17H,6-8H2,(H,18,20). The molecule has 1 aromatic carbocycles. The summed E-state index contributed by atoms with van der Waals surface area (Å²) in [6.45, 7) is 0. The minimum atomic E-state index is -0.153. The van der Waals surface area contributed by atoms with E-state index in [-0.39, 0.29) is 11.9 Å². The van der Waals surface area contributed by atoms with Crippen molar-refractivity contribution in [3.63, 3.8) is 0 Å². The molecule has 4 rings (SSSR count). The van der Waals surface area contributed by atoms with Gasteiger partial charge in [0.1, 0.15) is 0 Å². The van der Waals surface area contributed by atoms with Gasteiger partial charge in [0.25, 0.3) is 5.91 Å². The lowest BCUT2D eigenvalue weighted by atomic mass is 9.95. The van der Waals surface area contributed by atoms with Crippen LogP contribution < -0.4 is 10.6 Å². The molecule has 0 radical (unpaired) electrons. The Morgan fingerprint density at radius 3 is 2.86 bits per heavy atom. The van der Waals surface area contributed by atoms with Crippen LogP contribution in [0.25, 0.3) is 11.3 Å². The highest BCUT2D eigenvalue weighted by Gasteiger charge is 2.39. The van der Waals surface area contributed by atoms with Gasteiger partial charge >= 0.3 is 0 Å². The molecular formula is C16H17N3O2. The Hall–Kier alpha value is -2.14. The van der Waals surface area contributed by atoms with Gasteiger partial charge in [-0.1, -0.05) is 35.5 Å². The van der Waals surface area contributed by atoms with Gasteiger partial charge < -0.3 is 15.2 Å². The van der Waals surface area contributed by atoms with Crippen molar-refractivity contribution in [2.75, 3.05) is 0 Å². The van der Waals surface area contributed by atoms with Crippen molar-refractivity contribution in [3.8, 4) is 11.3 Å². The van der Waals surface area contributed by atoms with E-state index in [2.05, 4.69) is 15.8 Å². The fourth-order valence-electron chi connectivity index (χ4n) is 3.35. The van der Waals surface area contributed by atoms with Gasteiger partial charge in [-0.3, -0.25) is 4.79 Å². The van der Waals surface area contributed by atoms with E-state index in [1.807, 2.05) is 30.3 Å². The number of hydrogen-bond donors (Lipinski definition) is 2. The van der Waals surface area contributed by atoms with E-state index >= 15 is 0 Å². The van der Waals surface area contributed by atoms with Gasteiger partial charge in [-0.05, 0) is 19.3 Å². The molecule has 0 saturated carbocycles. The number of carbonyl (C=O) groups excluding carboxylic acids is 1. The number of hydrogen-bond acceptors (Lipinski definition) is 4. The van der Waals surface area contributed by atoms with Crippen molar-refractivity contribution in [1.82, 2.24) is 15.8 Å². The Balaban J connectivity index is 1.47. The summed E-state index contributed by atoms with van der Waals surface area (Å²) >= 11 is 0. The number of amides is 1. The van der Waals surface area contributed by atoms with Crippen LogP contribution in [0.15, 0.2) is 40.9 Å². The van der Waals surface area contributed by atoms with Gasteiger partial charge in [0, 0.05) is 29.8 Å². The van der Waals surface area contributed by atoms with Crippen molar-refractivity contribution in [2.24, 2.45) is 0 Å². The van der Waals surface area contributed by atoms with Crippen molar-refractivity contribution < 1.29 is 9.32 Å². The lowest BCUT2D eigenvalue weighted by molar-refractivity contribution is 0.0922. The molecule has 1 amide bonds. The summed E-state index contributed by atoms with van der Waals surface area (Å²) < 4.78 is 5.27. The van der Waals surface area contributed by atoms with Gasteiger partial charge in [0.05, 0.1) is 0 Å². The predicted molar refractivity (Wildman–Crippen MR) is 77.8 cm³/mol. The second-order valence-electron chi connectivity index (χ2n) is 5.81. The van der Waals surface area contributed by atoms with E-state index in [9.17, 15) is 4.79 Å². The first-order chi connectivity index (χ1) is 10.3. The quantitative estimate of drug-likeness (QED) is 0.903. The maximum absolute atomic E-state index is 12.3. The van der Waals surface area contributed by atoms with Crippen LogP contribution in [-0.2, 0) is 0 Å². The Morgan fingerprint density at radius 1 is 1.29 bits per heavy atom. The smallest absolute Gasteiger partial charge is 0.273 e. The number of nitrogens with zero attached hydrogens (tertiary/aromatic N) is 1. The van der Waals surface area contributed by atoms with Crippen LogP contribution in [0.1, 0.15) is 29.8 Å². The van der Waals surface area contributed by atoms with Crippen molar-refractivity contribution in [2.45, 2.75) is 37.4 Å². The van der Waals surface area contributed by atoms with E-state index in [1.165, 1.54) is 6.42 Å². The highest BCUT2D eigenvalue weighted by molar-refractivity contribution is 5.93. The molecule has 2 fully saturated rings. The molecule has 1 aromatic heterocycles. The fraction of sp³-hybridized carbons (Fsp3) is 0.375. The van der Waals surface area contributed by atoms with Crippen molar-refractivity contribution >= 4 is 5.91 Å². The molecule has 2 aliphatic rings. The molecule has 108 valence electrons. The molecule has 2 N–H and O–H groups in total. The lowest BCUT2D eigenvalue weighted by Gasteiger charge is -2.20. The lowest BCUT2D eigenvalue weighted by Crippen LogP contribution is -2.43. The molecule has 2 saturated heterocycles. The summed E-state index contributed by atoms with van der Waals surface area (Å²) in [7, 11) is 0. The molecule has 2 bridgehead atoms. The monoisotopic (exact) mass is 283 g/mol. The first kappa shape index (κ1) is 12.6. The first-order valence-corrected chi connectivity index (χ1v) is 7.38. The molecular weight excluding hydrogens is 266 g/mol. The topological polar surface area (TPSA) is 67.2 Å². The molecule has 3 unspecified atom stereocenters. The number of fused-ring (bicyclic) bond motifs is 2. The Kier molecular flexibility index (Phi) is 3.00. The number of aromatic nitrogens is 1. The Bertz CT molecular complexity index is 653. The second kappa shape index (κ2) is 5.00. The van der Waals surface area contributed by atoms with Gasteiger partial charge in [-0.25, -0.2) is 0 Å². The summed E-state index contributed by atoms with van der Waals surface area (Å²) in [5, 5.41) is 10.5. The highest BCUT2D eigenvalue weighted by Crippen LogP contribution is 2.28. The normalized spacial score (nSPS) is 27.0. The SMILES string of the molecule is O=C(NC1CC2CCC1N2)c1cc(-c2ccccc2)on1. The first-order valence-electron chi connectivity index (χ1n) is 7.38. The van der Waals surface area contributed by atoms with Crippen LogP contribution in [0, 0.1) is 0 Å². The van der Waals surface area contributed by atoms with Crippen molar-refractivity contribution in [3.05, 3.63) is 42.1 Å². The molecule has 21 heavy (non-hydrogen) atoms. The summed E-state index contributed by atoms with van der Waals surface area (Å²) in [4.78, 5) is 12.3. The van der Waals surface area contributed by atoms with E-state index in [1.54, 1.807) is 6.07 Å². The van der Waals surface area contributed by atoms with Gasteiger partial charge in [0.15, 0.2) is 11.5 Å². The number of nitrogens with one attached hydrogen (secondary N) is 2. The number of carbonyl (C=O) groups is 1. The van der Waals surface area contributed by atoms with Crippen molar-refractivity contribution in [1.29, 1.82) is 0 Å². The molecule has 0 aliphatic carbocycles. The maximum Gasteiger partial charge on any atom is 0.273 e. The third-order valence-corrected chi connectivity index (χ3v) is 4.42. The van der Waals surface area contributed by atoms with E-state index in [0.717, 1.165) is 18.4 Å². The third-order valence-electron chi connectivity index (χ3n) is 4.42. The summed E-state index contributed by atoms with van der Waals surface area (Å²) in [5.74, 6) is 0.465. The van der Waals surface area contributed by atoms with Crippen LogP contribution in [0.5, 0.6) is 0 Å². The zero-order valence-corrected chi connectivity index (χ0v) is 11.6. The minimum Gasteiger partial charge on any atom is -0.355 e. The van der Waals surface area contributed by atoms with E-state index in [0.29, 0.717) is 23.5 Å². The molecule has 2 aliphatic heterocycles. The summed E-state index contributed by atoms with van der Waals surface area (Å²) in [6.07, 6.45) is 3.38. The molecule has 3 heterocycles. The number of benzene rings is 1. The highest BCUT2D eigenvalue weighted by atomic mass is 16.5. The van der Waals surface area contributed by atoms with Gasteiger partial charge in [0.2, 0.25) is 0 Å². The fourth-order valence-corrected chi connectivity index (χ4v) is 3.35. The molecule has 5 heteroatoms. The average Bonchev–Trinajstić information content (AvgIpc) is 3.24. The summed E-state index contributed by atoms with van der Waals surface area (Å²) in [6, 6.07) is 12.6. The zero-order chi connectivity index (χ0) is 14.2. The minimum absolute atomic E-state index is 0.153. The van der Waals surface area contributed by atoms with Gasteiger partial charge in [-0.15, -0.1) is 0 Å². The average molecular weight is 283 g/mol. The Morgan fingerprint density at radius 2 is 2.14 bits per heavy atom. The van der Waals surface area contributed by atoms with Crippen LogP contribution >= 0.6 is 0 Å². The molecule has 3 atom stereocenters. The van der Waals surface area contributed by atoms with Crippen LogP contribution in [0.2, 0.25) is 0 Å². The van der Waals surface area contributed by atoms with E-state index in [4.69, 9.17) is 4.52 Å². The van der Waals surface area contributed by atoms with Crippen LogP contribution in [0.4, 0.5) is 0 Å². The third kappa shape index (κ3) is 2.34. The number of rotatable bonds is 3. The van der Waals surface area contributed by atoms with Gasteiger partial charge in [-0.2, -0.15) is 0 Å². The van der Waals surface area contributed by atoms with E-state index < -0.39 is 0 Å². The largest absolute Gasteiger partial charge is 0.355 e. The molecule has 5 nitrogen and oxygen atoms in total. The predicted octanol–water partition coefficient (Wildman–Crippen LogP) is 1.96. The summed E-state index contributed by atoms with van der Waals surface area (Å²) in [5.41, 5.74) is 1.27.